The molecule has 26 heavy (non-hydrogen) atoms. The molecule has 2 aliphatic rings. The molecular formula is C21H24N2O3. The molecule has 2 heterocycles. The lowest BCUT2D eigenvalue weighted by atomic mass is 10.1. The molecule has 5 heteroatoms. The van der Waals surface area contributed by atoms with Gasteiger partial charge in [0.15, 0.2) is 0 Å². The van der Waals surface area contributed by atoms with Crippen molar-refractivity contribution >= 4 is 11.6 Å². The second-order valence-electron chi connectivity index (χ2n) is 6.72. The Hall–Kier alpha value is -2.53. The highest BCUT2D eigenvalue weighted by molar-refractivity contribution is 5.79. The molecule has 136 valence electrons. The van der Waals surface area contributed by atoms with E-state index in [1.807, 2.05) is 41.3 Å². The molecule has 1 fully saturated rings. The number of morpholine rings is 1. The molecule has 4 rings (SSSR count). The third-order valence-electron chi connectivity index (χ3n) is 4.95. The van der Waals surface area contributed by atoms with Gasteiger partial charge in [-0.05, 0) is 23.8 Å². The molecule has 5 nitrogen and oxygen atoms in total. The van der Waals surface area contributed by atoms with E-state index >= 15 is 0 Å². The maximum Gasteiger partial charge on any atom is 0.227 e. The number of amides is 1. The number of ether oxygens (including phenoxy) is 2. The lowest BCUT2D eigenvalue weighted by Gasteiger charge is -2.29. The van der Waals surface area contributed by atoms with Crippen LogP contribution >= 0.6 is 0 Å². The second-order valence-corrected chi connectivity index (χ2v) is 6.72. The van der Waals surface area contributed by atoms with Gasteiger partial charge < -0.3 is 19.3 Å². The normalized spacial score (nSPS) is 17.2. The molecule has 0 saturated carbocycles. The maximum atomic E-state index is 12.8. The van der Waals surface area contributed by atoms with Crippen LogP contribution in [-0.2, 0) is 22.5 Å². The van der Waals surface area contributed by atoms with Crippen LogP contribution in [0.2, 0.25) is 0 Å². The summed E-state index contributed by atoms with van der Waals surface area (Å²) in [6.45, 7) is 5.06. The summed E-state index contributed by atoms with van der Waals surface area (Å²) in [6.07, 6.45) is 0.430. The van der Waals surface area contributed by atoms with Crippen molar-refractivity contribution in [1.82, 2.24) is 4.90 Å². The third-order valence-corrected chi connectivity index (χ3v) is 4.95. The van der Waals surface area contributed by atoms with E-state index in [-0.39, 0.29) is 5.91 Å². The predicted octanol–water partition coefficient (Wildman–Crippen LogP) is 2.49. The Morgan fingerprint density at radius 1 is 0.962 bits per heavy atom. The Morgan fingerprint density at radius 3 is 2.58 bits per heavy atom. The molecule has 0 spiro atoms. The minimum absolute atomic E-state index is 0.143. The summed E-state index contributed by atoms with van der Waals surface area (Å²) in [7, 11) is 0. The summed E-state index contributed by atoms with van der Waals surface area (Å²) in [5.74, 6) is 1.03. The number of hydrogen-bond donors (Lipinski definition) is 0. The standard InChI is InChI=1S/C21H24N2O3/c24-21(14-17-4-2-1-3-5-17)23-10-13-26-20-7-6-19(15-18(20)16-23)22-8-11-25-12-9-22/h1-7,15H,8-14,16H2. The summed E-state index contributed by atoms with van der Waals surface area (Å²) >= 11 is 0. The van der Waals surface area contributed by atoms with Crippen LogP contribution < -0.4 is 9.64 Å². The van der Waals surface area contributed by atoms with E-state index in [9.17, 15) is 4.79 Å². The summed E-state index contributed by atoms with van der Waals surface area (Å²) in [6, 6.07) is 16.2. The zero-order valence-corrected chi connectivity index (χ0v) is 14.9. The van der Waals surface area contributed by atoms with Crippen LogP contribution in [0.1, 0.15) is 11.1 Å². The molecule has 0 radical (unpaired) electrons. The van der Waals surface area contributed by atoms with Gasteiger partial charge >= 0.3 is 0 Å². The number of rotatable bonds is 3. The van der Waals surface area contributed by atoms with Crippen LogP contribution in [0.25, 0.3) is 0 Å². The van der Waals surface area contributed by atoms with Gasteiger partial charge in [0.05, 0.1) is 26.2 Å². The number of benzene rings is 2. The van der Waals surface area contributed by atoms with E-state index in [0.717, 1.165) is 43.2 Å². The third kappa shape index (κ3) is 3.83. The van der Waals surface area contributed by atoms with Gasteiger partial charge in [0.25, 0.3) is 0 Å². The molecule has 0 atom stereocenters. The van der Waals surface area contributed by atoms with E-state index < -0.39 is 0 Å². The number of nitrogens with zero attached hydrogens (tertiary/aromatic N) is 2. The van der Waals surface area contributed by atoms with Crippen molar-refractivity contribution in [3.63, 3.8) is 0 Å². The van der Waals surface area contributed by atoms with Gasteiger partial charge in [-0.25, -0.2) is 0 Å². The van der Waals surface area contributed by atoms with E-state index in [1.54, 1.807) is 0 Å². The lowest BCUT2D eigenvalue weighted by Crippen LogP contribution is -2.36. The molecule has 0 unspecified atom stereocenters. The molecule has 2 aromatic carbocycles. The van der Waals surface area contributed by atoms with Crippen molar-refractivity contribution in [2.24, 2.45) is 0 Å². The van der Waals surface area contributed by atoms with Gasteiger partial charge in [-0.3, -0.25) is 4.79 Å². The van der Waals surface area contributed by atoms with E-state index in [2.05, 4.69) is 17.0 Å². The van der Waals surface area contributed by atoms with Crippen molar-refractivity contribution in [1.29, 1.82) is 0 Å². The van der Waals surface area contributed by atoms with Gasteiger partial charge in [0, 0.05) is 30.9 Å². The maximum absolute atomic E-state index is 12.8. The number of fused-ring (bicyclic) bond motifs is 1. The van der Waals surface area contributed by atoms with E-state index in [4.69, 9.17) is 9.47 Å². The van der Waals surface area contributed by atoms with Gasteiger partial charge in [-0.1, -0.05) is 30.3 Å². The molecule has 2 aromatic rings. The molecule has 0 aromatic heterocycles. The van der Waals surface area contributed by atoms with E-state index in [0.29, 0.717) is 26.1 Å². The van der Waals surface area contributed by atoms with Crippen LogP contribution in [0.3, 0.4) is 0 Å². The average Bonchev–Trinajstić information content (AvgIpc) is 2.91. The van der Waals surface area contributed by atoms with Crippen molar-refractivity contribution in [3.8, 4) is 5.75 Å². The highest BCUT2D eigenvalue weighted by Crippen LogP contribution is 2.29. The molecule has 0 N–H and O–H groups in total. The van der Waals surface area contributed by atoms with Gasteiger partial charge in [-0.15, -0.1) is 0 Å². The molecule has 1 saturated heterocycles. The Balaban J connectivity index is 1.50. The fraction of sp³-hybridized carbons (Fsp3) is 0.381. The fourth-order valence-electron chi connectivity index (χ4n) is 3.49. The fourth-order valence-corrected chi connectivity index (χ4v) is 3.49. The van der Waals surface area contributed by atoms with Crippen LogP contribution in [0.5, 0.6) is 5.75 Å². The highest BCUT2D eigenvalue weighted by Gasteiger charge is 2.21. The number of carbonyl (C=O) groups is 1. The van der Waals surface area contributed by atoms with E-state index in [1.165, 1.54) is 5.69 Å². The number of carbonyl (C=O) groups excluding carboxylic acids is 1. The minimum Gasteiger partial charge on any atom is -0.491 e. The molecule has 2 aliphatic heterocycles. The highest BCUT2D eigenvalue weighted by atomic mass is 16.5. The summed E-state index contributed by atoms with van der Waals surface area (Å²) in [5, 5.41) is 0. The first-order chi connectivity index (χ1) is 12.8. The van der Waals surface area contributed by atoms with Crippen molar-refractivity contribution in [2.75, 3.05) is 44.4 Å². The zero-order valence-electron chi connectivity index (χ0n) is 14.9. The second kappa shape index (κ2) is 7.79. The largest absolute Gasteiger partial charge is 0.491 e. The summed E-state index contributed by atoms with van der Waals surface area (Å²) in [5.41, 5.74) is 3.30. The number of hydrogen-bond acceptors (Lipinski definition) is 4. The average molecular weight is 352 g/mol. The summed E-state index contributed by atoms with van der Waals surface area (Å²) in [4.78, 5) is 17.0. The van der Waals surface area contributed by atoms with Crippen LogP contribution in [0.15, 0.2) is 48.5 Å². The van der Waals surface area contributed by atoms with Gasteiger partial charge in [0.1, 0.15) is 12.4 Å². The Labute approximate surface area is 154 Å². The Kier molecular flexibility index (Phi) is 5.07. The zero-order chi connectivity index (χ0) is 17.8. The van der Waals surface area contributed by atoms with Gasteiger partial charge in [0.2, 0.25) is 5.91 Å². The van der Waals surface area contributed by atoms with Crippen LogP contribution in [0.4, 0.5) is 5.69 Å². The van der Waals surface area contributed by atoms with Crippen LogP contribution in [0, 0.1) is 0 Å². The van der Waals surface area contributed by atoms with Crippen molar-refractivity contribution < 1.29 is 14.3 Å². The monoisotopic (exact) mass is 352 g/mol. The Morgan fingerprint density at radius 2 is 1.77 bits per heavy atom. The van der Waals surface area contributed by atoms with Gasteiger partial charge in [-0.2, -0.15) is 0 Å². The summed E-state index contributed by atoms with van der Waals surface area (Å²) < 4.78 is 11.3. The van der Waals surface area contributed by atoms with Crippen molar-refractivity contribution in [2.45, 2.75) is 13.0 Å². The molecular weight excluding hydrogens is 328 g/mol. The first kappa shape index (κ1) is 16.9. The lowest BCUT2D eigenvalue weighted by molar-refractivity contribution is -0.131. The quantitative estimate of drug-likeness (QED) is 0.851. The van der Waals surface area contributed by atoms with Crippen molar-refractivity contribution in [3.05, 3.63) is 59.7 Å². The SMILES string of the molecule is O=C(Cc1ccccc1)N1CCOc2ccc(N3CCOCC3)cc2C1. The Bertz CT molecular complexity index is 757. The first-order valence-electron chi connectivity index (χ1n) is 9.20. The minimum atomic E-state index is 0.143. The molecule has 0 bridgehead atoms. The first-order valence-corrected chi connectivity index (χ1v) is 9.20. The topological polar surface area (TPSA) is 42.0 Å². The predicted molar refractivity (Wildman–Crippen MR) is 101 cm³/mol. The smallest absolute Gasteiger partial charge is 0.227 e. The number of anilines is 1. The van der Waals surface area contributed by atoms with Crippen LogP contribution in [-0.4, -0.2) is 50.3 Å². The molecule has 1 amide bonds. The molecule has 0 aliphatic carbocycles.